The third kappa shape index (κ3) is 2.88. The molecular weight excluding hydrogens is 196 g/mol. The van der Waals surface area contributed by atoms with E-state index in [0.717, 1.165) is 11.4 Å². The van der Waals surface area contributed by atoms with E-state index in [9.17, 15) is 4.39 Å². The van der Waals surface area contributed by atoms with Crippen LogP contribution in [0.1, 0.15) is 0 Å². The molecular formula is C13H11FLiN. The van der Waals surface area contributed by atoms with Crippen LogP contribution in [0.2, 0.25) is 0 Å². The first-order chi connectivity index (χ1) is 7.27. The summed E-state index contributed by atoms with van der Waals surface area (Å²) in [5.41, 5.74) is 1.74. The van der Waals surface area contributed by atoms with Gasteiger partial charge in [-0.05, 0) is 12.1 Å². The monoisotopic (exact) mass is 207 g/mol. The van der Waals surface area contributed by atoms with Crippen molar-refractivity contribution in [2.24, 2.45) is 0 Å². The van der Waals surface area contributed by atoms with Gasteiger partial charge in [-0.2, -0.15) is 12.1 Å². The van der Waals surface area contributed by atoms with E-state index in [1.54, 1.807) is 6.07 Å². The maximum atomic E-state index is 13.0. The molecule has 0 aromatic heterocycles. The van der Waals surface area contributed by atoms with Gasteiger partial charge >= 0.3 is 18.9 Å². The molecule has 1 nitrogen and oxygen atoms in total. The van der Waals surface area contributed by atoms with Crippen LogP contribution in [0.3, 0.4) is 0 Å². The average molecular weight is 207 g/mol. The fourth-order valence-electron chi connectivity index (χ4n) is 1.41. The summed E-state index contributed by atoms with van der Waals surface area (Å²) in [5, 5.41) is 0. The number of anilines is 2. The second kappa shape index (κ2) is 5.74. The normalized spacial score (nSPS) is 9.38. The molecule has 0 N–H and O–H groups in total. The quantitative estimate of drug-likeness (QED) is 0.509. The molecule has 0 saturated carbocycles. The van der Waals surface area contributed by atoms with E-state index in [-0.39, 0.29) is 24.7 Å². The van der Waals surface area contributed by atoms with E-state index in [0.29, 0.717) is 0 Å². The number of halogens is 1. The summed E-state index contributed by atoms with van der Waals surface area (Å²) in [4.78, 5) is 1.89. The van der Waals surface area contributed by atoms with Crippen LogP contribution in [-0.2, 0) is 0 Å². The molecule has 0 aliphatic heterocycles. The Morgan fingerprint density at radius 3 is 2.44 bits per heavy atom. The molecule has 76 valence electrons. The van der Waals surface area contributed by atoms with Gasteiger partial charge in [0.2, 0.25) is 0 Å². The molecule has 0 amide bonds. The Morgan fingerprint density at radius 2 is 1.81 bits per heavy atom. The Hall–Kier alpha value is -1.23. The number of hydrogen-bond acceptors (Lipinski definition) is 1. The van der Waals surface area contributed by atoms with Gasteiger partial charge in [0.15, 0.2) is 0 Å². The molecule has 0 heterocycles. The third-order valence-electron chi connectivity index (χ3n) is 2.25. The van der Waals surface area contributed by atoms with Gasteiger partial charge in [0.1, 0.15) is 0 Å². The molecule has 3 heteroatoms. The smallest absolute Gasteiger partial charge is 0.368 e. The molecule has 16 heavy (non-hydrogen) atoms. The van der Waals surface area contributed by atoms with Crippen molar-refractivity contribution < 1.29 is 23.3 Å². The Kier molecular flexibility index (Phi) is 4.61. The van der Waals surface area contributed by atoms with Crippen molar-refractivity contribution in [1.82, 2.24) is 0 Å². The molecule has 0 atom stereocenters. The predicted molar refractivity (Wildman–Crippen MR) is 59.7 cm³/mol. The molecule has 0 fully saturated rings. The summed E-state index contributed by atoms with van der Waals surface area (Å²) in [7, 11) is 1.89. The molecule has 0 unspecified atom stereocenters. The average Bonchev–Trinajstić information content (AvgIpc) is 2.29. The van der Waals surface area contributed by atoms with Gasteiger partial charge in [0.05, 0.1) is 0 Å². The van der Waals surface area contributed by atoms with Crippen molar-refractivity contribution in [2.75, 3.05) is 11.9 Å². The van der Waals surface area contributed by atoms with Gasteiger partial charge in [-0.1, -0.05) is 23.9 Å². The first-order valence-corrected chi connectivity index (χ1v) is 4.73. The van der Waals surface area contributed by atoms with Crippen molar-refractivity contribution in [1.29, 1.82) is 0 Å². The number of para-hydroxylation sites is 1. The second-order valence-corrected chi connectivity index (χ2v) is 3.29. The topological polar surface area (TPSA) is 3.24 Å². The van der Waals surface area contributed by atoms with Crippen LogP contribution >= 0.6 is 0 Å². The zero-order valence-corrected chi connectivity index (χ0v) is 9.44. The Labute approximate surface area is 107 Å². The van der Waals surface area contributed by atoms with E-state index in [4.69, 9.17) is 0 Å². The second-order valence-electron chi connectivity index (χ2n) is 3.29. The predicted octanol–water partition coefficient (Wildman–Crippen LogP) is 0.398. The van der Waals surface area contributed by atoms with Gasteiger partial charge in [0.25, 0.3) is 0 Å². The van der Waals surface area contributed by atoms with Crippen LogP contribution in [-0.4, -0.2) is 7.05 Å². The molecule has 0 bridgehead atoms. The molecule has 0 saturated heterocycles. The van der Waals surface area contributed by atoms with Crippen LogP contribution in [0.15, 0.2) is 48.5 Å². The summed E-state index contributed by atoms with van der Waals surface area (Å²) >= 11 is 0. The maximum absolute atomic E-state index is 13.0. The van der Waals surface area contributed by atoms with Crippen molar-refractivity contribution in [3.05, 3.63) is 60.4 Å². The fraction of sp³-hybridized carbons (Fsp3) is 0.0769. The van der Waals surface area contributed by atoms with Gasteiger partial charge in [0, 0.05) is 18.6 Å². The first kappa shape index (κ1) is 12.8. The SMILES string of the molecule is CN(c1[c-]ccc(F)c1)c1ccccc1.[Li+]. The van der Waals surface area contributed by atoms with Gasteiger partial charge in [-0.25, -0.2) is 4.39 Å². The minimum Gasteiger partial charge on any atom is -0.368 e. The number of nitrogens with zero attached hydrogens (tertiary/aromatic N) is 1. The molecule has 0 spiro atoms. The summed E-state index contributed by atoms with van der Waals surface area (Å²) < 4.78 is 13.0. The van der Waals surface area contributed by atoms with E-state index in [1.807, 2.05) is 42.3 Å². The van der Waals surface area contributed by atoms with Crippen molar-refractivity contribution in [3.63, 3.8) is 0 Å². The number of benzene rings is 2. The summed E-state index contributed by atoms with van der Waals surface area (Å²) in [6.07, 6.45) is 0. The van der Waals surface area contributed by atoms with Crippen LogP contribution < -0.4 is 23.8 Å². The third-order valence-corrected chi connectivity index (χ3v) is 2.25. The minimum absolute atomic E-state index is 0. The molecule has 0 aliphatic rings. The van der Waals surface area contributed by atoms with Crippen LogP contribution in [0.4, 0.5) is 15.8 Å². The van der Waals surface area contributed by atoms with Crippen LogP contribution in [0.25, 0.3) is 0 Å². The van der Waals surface area contributed by atoms with Gasteiger partial charge in [-0.3, -0.25) is 0 Å². The molecule has 2 aromatic carbocycles. The largest absolute Gasteiger partial charge is 1.00 e. The molecule has 2 aromatic rings. The van der Waals surface area contributed by atoms with Crippen LogP contribution in [0, 0.1) is 11.9 Å². The van der Waals surface area contributed by atoms with Gasteiger partial charge < -0.3 is 4.90 Å². The van der Waals surface area contributed by atoms with Crippen LogP contribution in [0.5, 0.6) is 0 Å². The maximum Gasteiger partial charge on any atom is 1.00 e. The van der Waals surface area contributed by atoms with Gasteiger partial charge in [-0.15, -0.1) is 12.1 Å². The summed E-state index contributed by atoms with van der Waals surface area (Å²) in [5.74, 6) is -0.244. The standard InChI is InChI=1S/C13H11FN.Li/c1-15(12-7-3-2-4-8-12)13-9-5-6-11(14)10-13;/h2-8,10H,1H3;/q-1;+1. The zero-order valence-electron chi connectivity index (χ0n) is 9.44. The van der Waals surface area contributed by atoms with E-state index < -0.39 is 0 Å². The van der Waals surface area contributed by atoms with Crippen molar-refractivity contribution >= 4 is 11.4 Å². The Balaban J connectivity index is 0.00000128. The number of rotatable bonds is 2. The van der Waals surface area contributed by atoms with E-state index in [2.05, 4.69) is 6.07 Å². The minimum atomic E-state index is -0.244. The molecule has 2 rings (SSSR count). The number of hydrogen-bond donors (Lipinski definition) is 0. The molecule has 0 radical (unpaired) electrons. The van der Waals surface area contributed by atoms with E-state index >= 15 is 0 Å². The Bertz CT molecular complexity index is 445. The summed E-state index contributed by atoms with van der Waals surface area (Å²) in [6, 6.07) is 17.2. The molecule has 0 aliphatic carbocycles. The summed E-state index contributed by atoms with van der Waals surface area (Å²) in [6.45, 7) is 0. The van der Waals surface area contributed by atoms with E-state index in [1.165, 1.54) is 12.1 Å². The zero-order chi connectivity index (χ0) is 10.7. The first-order valence-electron chi connectivity index (χ1n) is 4.73. The Morgan fingerprint density at radius 1 is 1.12 bits per heavy atom. The van der Waals surface area contributed by atoms with Crippen molar-refractivity contribution in [2.45, 2.75) is 0 Å². The van der Waals surface area contributed by atoms with Crippen molar-refractivity contribution in [3.8, 4) is 0 Å². The fourth-order valence-corrected chi connectivity index (χ4v) is 1.41.